The van der Waals surface area contributed by atoms with Crippen LogP contribution in [-0.4, -0.2) is 31.8 Å². The third kappa shape index (κ3) is 1.47. The summed E-state index contributed by atoms with van der Waals surface area (Å²) in [6, 6.07) is 6.26. The summed E-state index contributed by atoms with van der Waals surface area (Å²) < 4.78 is 5.09. The normalized spacial score (nSPS) is 18.3. The molecule has 0 atom stereocenters. The summed E-state index contributed by atoms with van der Waals surface area (Å²) in [4.78, 5) is 5.15. The lowest BCUT2D eigenvalue weighted by molar-refractivity contribution is -0.0717. The molecule has 74 valence electrons. The summed E-state index contributed by atoms with van der Waals surface area (Å²) in [7, 11) is 1.98. The van der Waals surface area contributed by atoms with E-state index >= 15 is 0 Å². The van der Waals surface area contributed by atoms with Gasteiger partial charge >= 0.3 is 0 Å². The molecule has 4 nitrogen and oxygen atoms in total. The van der Waals surface area contributed by atoms with E-state index in [2.05, 4.69) is 11.1 Å². The van der Waals surface area contributed by atoms with Crippen LogP contribution in [0.3, 0.4) is 0 Å². The number of aromatic amines is 1. The Morgan fingerprint density at radius 2 is 2.50 bits per heavy atom. The van der Waals surface area contributed by atoms with Gasteiger partial charge in [-0.05, 0) is 12.1 Å². The van der Waals surface area contributed by atoms with Crippen LogP contribution >= 0.6 is 0 Å². The third-order valence-electron chi connectivity index (χ3n) is 2.53. The molecule has 1 saturated heterocycles. The highest BCUT2D eigenvalue weighted by atomic mass is 16.5. The van der Waals surface area contributed by atoms with E-state index in [1.54, 1.807) is 0 Å². The number of nitrogens with zero attached hydrogens (tertiary/aromatic N) is 2. The van der Waals surface area contributed by atoms with Crippen LogP contribution in [0, 0.1) is 16.7 Å². The van der Waals surface area contributed by atoms with Gasteiger partial charge in [0.25, 0.3) is 0 Å². The average molecular weight is 191 g/mol. The monoisotopic (exact) mass is 191 g/mol. The molecule has 14 heavy (non-hydrogen) atoms. The molecule has 1 aliphatic rings. The fraction of sp³-hybridized carbons (Fsp3) is 0.500. The van der Waals surface area contributed by atoms with Crippen molar-refractivity contribution in [2.24, 2.45) is 5.41 Å². The van der Waals surface area contributed by atoms with Gasteiger partial charge in [-0.2, -0.15) is 5.26 Å². The highest BCUT2D eigenvalue weighted by Gasteiger charge is 2.40. The van der Waals surface area contributed by atoms with E-state index in [9.17, 15) is 0 Å². The Kier molecular flexibility index (Phi) is 2.18. The lowest BCUT2D eigenvalue weighted by Gasteiger charge is -2.38. The van der Waals surface area contributed by atoms with Gasteiger partial charge in [0.05, 0.1) is 19.3 Å². The van der Waals surface area contributed by atoms with Crippen molar-refractivity contribution in [3.05, 3.63) is 18.3 Å². The summed E-state index contributed by atoms with van der Waals surface area (Å²) >= 11 is 0. The van der Waals surface area contributed by atoms with Crippen LogP contribution in [0.25, 0.3) is 0 Å². The van der Waals surface area contributed by atoms with Crippen molar-refractivity contribution in [3.63, 3.8) is 0 Å². The summed E-state index contributed by atoms with van der Waals surface area (Å²) in [5.41, 5.74) is -0.306. The second-order valence-electron chi connectivity index (χ2n) is 3.80. The number of ether oxygens (including phenoxy) is 1. The lowest BCUT2D eigenvalue weighted by atomic mass is 9.87. The maximum atomic E-state index is 9.02. The van der Waals surface area contributed by atoms with Crippen molar-refractivity contribution >= 4 is 5.82 Å². The Hall–Kier alpha value is -1.47. The van der Waals surface area contributed by atoms with Gasteiger partial charge in [0, 0.05) is 19.8 Å². The number of nitriles is 1. The molecule has 0 bridgehead atoms. The van der Waals surface area contributed by atoms with E-state index in [0.717, 1.165) is 5.82 Å². The van der Waals surface area contributed by atoms with Gasteiger partial charge in [-0.3, -0.25) is 0 Å². The van der Waals surface area contributed by atoms with Crippen LogP contribution in [-0.2, 0) is 4.74 Å². The van der Waals surface area contributed by atoms with Crippen LogP contribution in [0.2, 0.25) is 0 Å². The number of aromatic nitrogens is 1. The van der Waals surface area contributed by atoms with Crippen molar-refractivity contribution in [1.29, 1.82) is 5.26 Å². The van der Waals surface area contributed by atoms with Gasteiger partial charge in [0.2, 0.25) is 0 Å². The fourth-order valence-electron chi connectivity index (χ4n) is 1.64. The lowest BCUT2D eigenvalue weighted by Crippen LogP contribution is -2.49. The number of nitrogens with one attached hydrogen (secondary N) is 1. The molecule has 0 radical (unpaired) electrons. The first kappa shape index (κ1) is 9.10. The van der Waals surface area contributed by atoms with Gasteiger partial charge in [0.1, 0.15) is 11.2 Å². The quantitative estimate of drug-likeness (QED) is 0.775. The molecule has 0 spiro atoms. The summed E-state index contributed by atoms with van der Waals surface area (Å²) in [5.74, 6) is 1.03. The second kappa shape index (κ2) is 3.35. The van der Waals surface area contributed by atoms with E-state index < -0.39 is 0 Å². The van der Waals surface area contributed by atoms with Crippen molar-refractivity contribution in [1.82, 2.24) is 4.98 Å². The van der Waals surface area contributed by atoms with E-state index in [1.165, 1.54) is 0 Å². The standard InChI is InChI=1S/C10H13N3O/c1-13(9-3-2-4-12-9)6-10(5-11)7-14-8-10/h2-4,12H,6-8H2,1H3. The Balaban J connectivity index is 2.01. The minimum absolute atomic E-state index is 0.306. The zero-order valence-electron chi connectivity index (χ0n) is 8.16. The molecule has 1 aromatic heterocycles. The first-order valence-electron chi connectivity index (χ1n) is 4.59. The van der Waals surface area contributed by atoms with Gasteiger partial charge in [-0.25, -0.2) is 0 Å². The molecule has 1 N–H and O–H groups in total. The van der Waals surface area contributed by atoms with E-state index in [-0.39, 0.29) is 5.41 Å². The molecular formula is C10H13N3O. The van der Waals surface area contributed by atoms with Crippen molar-refractivity contribution < 1.29 is 4.74 Å². The molecule has 0 amide bonds. The molecule has 0 saturated carbocycles. The summed E-state index contributed by atoms with van der Waals surface area (Å²) in [5, 5.41) is 9.02. The summed E-state index contributed by atoms with van der Waals surface area (Å²) in [6.07, 6.45) is 1.88. The first-order chi connectivity index (χ1) is 6.76. The average Bonchev–Trinajstić information content (AvgIpc) is 2.63. The molecule has 1 aromatic rings. The van der Waals surface area contributed by atoms with Crippen molar-refractivity contribution in [2.75, 3.05) is 31.7 Å². The zero-order chi connectivity index (χ0) is 10.0. The topological polar surface area (TPSA) is 52.1 Å². The maximum absolute atomic E-state index is 9.02. The summed E-state index contributed by atoms with van der Waals surface area (Å²) in [6.45, 7) is 1.81. The minimum Gasteiger partial charge on any atom is -0.378 e. The van der Waals surface area contributed by atoms with Crippen LogP contribution < -0.4 is 4.90 Å². The third-order valence-corrected chi connectivity index (χ3v) is 2.53. The van der Waals surface area contributed by atoms with Crippen LogP contribution in [0.1, 0.15) is 0 Å². The van der Waals surface area contributed by atoms with Gasteiger partial charge in [-0.15, -0.1) is 0 Å². The van der Waals surface area contributed by atoms with Gasteiger partial charge < -0.3 is 14.6 Å². The van der Waals surface area contributed by atoms with Crippen molar-refractivity contribution in [3.8, 4) is 6.07 Å². The Morgan fingerprint density at radius 3 is 2.93 bits per heavy atom. The highest BCUT2D eigenvalue weighted by molar-refractivity contribution is 5.38. The van der Waals surface area contributed by atoms with Crippen LogP contribution in [0.15, 0.2) is 18.3 Å². The Bertz CT molecular complexity index is 335. The maximum Gasteiger partial charge on any atom is 0.121 e. The predicted octanol–water partition coefficient (Wildman–Crippen LogP) is 0.991. The number of H-pyrrole nitrogens is 1. The number of hydrogen-bond donors (Lipinski definition) is 1. The Morgan fingerprint density at radius 1 is 1.71 bits per heavy atom. The molecule has 1 aliphatic heterocycles. The predicted molar refractivity (Wildman–Crippen MR) is 52.9 cm³/mol. The first-order valence-corrected chi connectivity index (χ1v) is 4.59. The van der Waals surface area contributed by atoms with Crippen LogP contribution in [0.4, 0.5) is 5.82 Å². The smallest absolute Gasteiger partial charge is 0.121 e. The number of rotatable bonds is 3. The van der Waals surface area contributed by atoms with E-state index in [4.69, 9.17) is 10.00 Å². The molecule has 1 fully saturated rings. The van der Waals surface area contributed by atoms with Crippen LogP contribution in [0.5, 0.6) is 0 Å². The largest absolute Gasteiger partial charge is 0.378 e. The zero-order valence-corrected chi connectivity index (χ0v) is 8.16. The number of hydrogen-bond acceptors (Lipinski definition) is 3. The SMILES string of the molecule is CN(CC1(C#N)COC1)c1ccc[nH]1. The molecule has 0 unspecified atom stereocenters. The Labute approximate surface area is 83.1 Å². The molecule has 0 aromatic carbocycles. The van der Waals surface area contributed by atoms with Crippen molar-refractivity contribution in [2.45, 2.75) is 0 Å². The molecule has 4 heteroatoms. The molecule has 0 aliphatic carbocycles. The second-order valence-corrected chi connectivity index (χ2v) is 3.80. The number of anilines is 1. The minimum atomic E-state index is -0.306. The molecule has 2 rings (SSSR count). The van der Waals surface area contributed by atoms with E-state index in [1.807, 2.05) is 30.3 Å². The van der Waals surface area contributed by atoms with Gasteiger partial charge in [0.15, 0.2) is 0 Å². The van der Waals surface area contributed by atoms with Gasteiger partial charge in [-0.1, -0.05) is 0 Å². The van der Waals surface area contributed by atoms with E-state index in [0.29, 0.717) is 19.8 Å². The molecular weight excluding hydrogens is 178 g/mol. The fourth-order valence-corrected chi connectivity index (χ4v) is 1.64. The molecule has 2 heterocycles. The highest BCUT2D eigenvalue weighted by Crippen LogP contribution is 2.28.